The van der Waals surface area contributed by atoms with Crippen LogP contribution in [0.15, 0.2) is 12.1 Å². The van der Waals surface area contributed by atoms with Crippen molar-refractivity contribution >= 4 is 11.4 Å². The number of aryl methyl sites for hydroxylation is 1. The first kappa shape index (κ1) is 7.72. The van der Waals surface area contributed by atoms with Crippen LogP contribution >= 0.6 is 0 Å². The van der Waals surface area contributed by atoms with Crippen LogP contribution in [-0.2, 0) is 0 Å². The summed E-state index contributed by atoms with van der Waals surface area (Å²) in [7, 11) is 1.57. The molecule has 0 unspecified atom stereocenters. The van der Waals surface area contributed by atoms with Gasteiger partial charge in [-0.2, -0.15) is 0 Å². The highest BCUT2D eigenvalue weighted by atomic mass is 16.5. The Kier molecular flexibility index (Phi) is 1.89. The van der Waals surface area contributed by atoms with E-state index in [0.29, 0.717) is 17.1 Å². The molecule has 1 rings (SSSR count). The van der Waals surface area contributed by atoms with Gasteiger partial charge in [0, 0.05) is 0 Å². The van der Waals surface area contributed by atoms with Gasteiger partial charge in [-0.25, -0.2) is 0 Å². The van der Waals surface area contributed by atoms with Gasteiger partial charge >= 0.3 is 0 Å². The van der Waals surface area contributed by atoms with Gasteiger partial charge in [-0.3, -0.25) is 0 Å². The Bertz CT molecular complexity index is 271. The highest BCUT2D eigenvalue weighted by molar-refractivity contribution is 5.71. The second-order valence-electron chi connectivity index (χ2n) is 2.47. The molecule has 0 amide bonds. The average molecular weight is 152 g/mol. The first-order valence-corrected chi connectivity index (χ1v) is 3.34. The van der Waals surface area contributed by atoms with Crippen LogP contribution in [0, 0.1) is 6.92 Å². The smallest absolute Gasteiger partial charge is 0.144 e. The molecule has 0 aliphatic heterocycles. The molecule has 1 aromatic carbocycles. The van der Waals surface area contributed by atoms with E-state index in [2.05, 4.69) is 0 Å². The molecule has 60 valence electrons. The average Bonchev–Trinajstić information content (AvgIpc) is 1.96. The third-order valence-electron chi connectivity index (χ3n) is 1.54. The number of nitrogens with two attached hydrogens (primary N) is 2. The van der Waals surface area contributed by atoms with Crippen LogP contribution in [-0.4, -0.2) is 7.11 Å². The van der Waals surface area contributed by atoms with Crippen molar-refractivity contribution in [2.24, 2.45) is 0 Å². The van der Waals surface area contributed by atoms with Crippen molar-refractivity contribution in [2.45, 2.75) is 6.92 Å². The predicted octanol–water partition coefficient (Wildman–Crippen LogP) is 1.17. The van der Waals surface area contributed by atoms with Crippen molar-refractivity contribution in [3.8, 4) is 5.75 Å². The number of anilines is 2. The van der Waals surface area contributed by atoms with E-state index in [0.717, 1.165) is 5.56 Å². The fourth-order valence-corrected chi connectivity index (χ4v) is 0.960. The summed E-state index contributed by atoms with van der Waals surface area (Å²) in [4.78, 5) is 0. The van der Waals surface area contributed by atoms with E-state index in [4.69, 9.17) is 16.2 Å². The van der Waals surface area contributed by atoms with E-state index < -0.39 is 0 Å². The van der Waals surface area contributed by atoms with Crippen molar-refractivity contribution in [1.29, 1.82) is 0 Å². The van der Waals surface area contributed by atoms with Crippen molar-refractivity contribution < 1.29 is 4.74 Å². The Morgan fingerprint density at radius 3 is 2.45 bits per heavy atom. The van der Waals surface area contributed by atoms with Gasteiger partial charge in [-0.15, -0.1) is 0 Å². The van der Waals surface area contributed by atoms with E-state index >= 15 is 0 Å². The first-order chi connectivity index (χ1) is 5.15. The van der Waals surface area contributed by atoms with Gasteiger partial charge in [0.2, 0.25) is 0 Å². The zero-order chi connectivity index (χ0) is 8.43. The van der Waals surface area contributed by atoms with Gasteiger partial charge in [-0.05, 0) is 24.6 Å². The Morgan fingerprint density at radius 1 is 1.27 bits per heavy atom. The molecule has 0 bridgehead atoms. The molecule has 0 spiro atoms. The fraction of sp³-hybridized carbons (Fsp3) is 0.250. The molecule has 0 saturated carbocycles. The SMILES string of the molecule is COc1cc(C)cc(N)c1N. The Balaban J connectivity index is 3.24. The number of rotatable bonds is 1. The number of hydrogen-bond donors (Lipinski definition) is 2. The monoisotopic (exact) mass is 152 g/mol. The van der Waals surface area contributed by atoms with Crippen molar-refractivity contribution in [3.63, 3.8) is 0 Å². The number of benzene rings is 1. The van der Waals surface area contributed by atoms with Gasteiger partial charge in [0.15, 0.2) is 0 Å². The molecule has 0 radical (unpaired) electrons. The zero-order valence-corrected chi connectivity index (χ0v) is 6.72. The lowest BCUT2D eigenvalue weighted by molar-refractivity contribution is 0.417. The summed E-state index contributed by atoms with van der Waals surface area (Å²) in [6, 6.07) is 3.67. The van der Waals surface area contributed by atoms with Crippen LogP contribution < -0.4 is 16.2 Å². The maximum atomic E-state index is 5.61. The molecular formula is C8H12N2O. The lowest BCUT2D eigenvalue weighted by Crippen LogP contribution is -1.98. The maximum Gasteiger partial charge on any atom is 0.144 e. The number of ether oxygens (including phenoxy) is 1. The second-order valence-corrected chi connectivity index (χ2v) is 2.47. The van der Waals surface area contributed by atoms with Gasteiger partial charge in [0.25, 0.3) is 0 Å². The van der Waals surface area contributed by atoms with Crippen LogP contribution in [0.1, 0.15) is 5.56 Å². The molecule has 0 saturated heterocycles. The van der Waals surface area contributed by atoms with E-state index in [9.17, 15) is 0 Å². The Hall–Kier alpha value is -1.38. The largest absolute Gasteiger partial charge is 0.495 e. The number of nitrogen functional groups attached to an aromatic ring is 2. The summed E-state index contributed by atoms with van der Waals surface area (Å²) in [5.41, 5.74) is 13.3. The lowest BCUT2D eigenvalue weighted by atomic mass is 10.2. The Labute approximate surface area is 66.0 Å². The van der Waals surface area contributed by atoms with Gasteiger partial charge < -0.3 is 16.2 Å². The predicted molar refractivity (Wildman–Crippen MR) is 46.6 cm³/mol. The maximum absolute atomic E-state index is 5.61. The minimum absolute atomic E-state index is 0.512. The van der Waals surface area contributed by atoms with Crippen LogP contribution in [0.2, 0.25) is 0 Å². The molecular weight excluding hydrogens is 140 g/mol. The molecule has 3 nitrogen and oxygen atoms in total. The summed E-state index contributed by atoms with van der Waals surface area (Å²) in [5.74, 6) is 0.641. The zero-order valence-electron chi connectivity index (χ0n) is 6.72. The molecule has 0 fully saturated rings. The topological polar surface area (TPSA) is 61.3 Å². The van der Waals surface area contributed by atoms with Crippen molar-refractivity contribution in [1.82, 2.24) is 0 Å². The molecule has 0 aliphatic rings. The minimum atomic E-state index is 0.512. The molecule has 0 atom stereocenters. The summed E-state index contributed by atoms with van der Waals surface area (Å²) in [6.45, 7) is 1.94. The third kappa shape index (κ3) is 1.37. The number of hydrogen-bond acceptors (Lipinski definition) is 3. The first-order valence-electron chi connectivity index (χ1n) is 3.34. The molecule has 1 aromatic rings. The normalized spacial score (nSPS) is 9.64. The van der Waals surface area contributed by atoms with Crippen LogP contribution in [0.5, 0.6) is 5.75 Å². The highest BCUT2D eigenvalue weighted by Gasteiger charge is 2.02. The molecule has 0 aliphatic carbocycles. The minimum Gasteiger partial charge on any atom is -0.495 e. The number of methoxy groups -OCH3 is 1. The van der Waals surface area contributed by atoms with Crippen LogP contribution in [0.25, 0.3) is 0 Å². The van der Waals surface area contributed by atoms with Crippen LogP contribution in [0.3, 0.4) is 0 Å². The van der Waals surface area contributed by atoms with Crippen molar-refractivity contribution in [2.75, 3.05) is 18.6 Å². The molecule has 3 heteroatoms. The fourth-order valence-electron chi connectivity index (χ4n) is 0.960. The van der Waals surface area contributed by atoms with E-state index in [1.807, 2.05) is 19.1 Å². The van der Waals surface area contributed by atoms with E-state index in [1.165, 1.54) is 0 Å². The summed E-state index contributed by atoms with van der Waals surface area (Å²) in [6.07, 6.45) is 0. The van der Waals surface area contributed by atoms with E-state index in [1.54, 1.807) is 7.11 Å². The second kappa shape index (κ2) is 2.70. The third-order valence-corrected chi connectivity index (χ3v) is 1.54. The summed E-state index contributed by atoms with van der Waals surface area (Å²) < 4.78 is 5.00. The summed E-state index contributed by atoms with van der Waals surface area (Å²) in [5, 5.41) is 0. The van der Waals surface area contributed by atoms with Crippen molar-refractivity contribution in [3.05, 3.63) is 17.7 Å². The molecule has 4 N–H and O–H groups in total. The van der Waals surface area contributed by atoms with E-state index in [-0.39, 0.29) is 0 Å². The quantitative estimate of drug-likeness (QED) is 0.594. The molecule has 0 heterocycles. The summed E-state index contributed by atoms with van der Waals surface area (Å²) >= 11 is 0. The van der Waals surface area contributed by atoms with Crippen LogP contribution in [0.4, 0.5) is 11.4 Å². The molecule has 0 aromatic heterocycles. The Morgan fingerprint density at radius 2 is 1.91 bits per heavy atom. The lowest BCUT2D eigenvalue weighted by Gasteiger charge is -2.07. The highest BCUT2D eigenvalue weighted by Crippen LogP contribution is 2.28. The van der Waals surface area contributed by atoms with Gasteiger partial charge in [0.05, 0.1) is 18.5 Å². The van der Waals surface area contributed by atoms with Gasteiger partial charge in [0.1, 0.15) is 5.75 Å². The van der Waals surface area contributed by atoms with Gasteiger partial charge in [-0.1, -0.05) is 0 Å². The molecule has 11 heavy (non-hydrogen) atoms. The standard InChI is InChI=1S/C8H12N2O/c1-5-3-6(9)8(10)7(4-5)11-2/h3-4H,9-10H2,1-2H3.